The van der Waals surface area contributed by atoms with Crippen LogP contribution in [-0.2, 0) is 6.42 Å². The molecule has 170 valence electrons. The van der Waals surface area contributed by atoms with Crippen LogP contribution in [0.2, 0.25) is 0 Å². The van der Waals surface area contributed by atoms with Crippen LogP contribution >= 0.6 is 0 Å². The number of hydrogen-bond donors (Lipinski definition) is 4. The van der Waals surface area contributed by atoms with Crippen LogP contribution < -0.4 is 5.32 Å². The van der Waals surface area contributed by atoms with Crippen LogP contribution in [0.4, 0.5) is 0 Å². The van der Waals surface area contributed by atoms with Gasteiger partial charge in [0.25, 0.3) is 0 Å². The number of fused-ring (bicyclic) bond motifs is 1. The van der Waals surface area contributed by atoms with E-state index < -0.39 is 0 Å². The van der Waals surface area contributed by atoms with Gasteiger partial charge in [-0.15, -0.1) is 0 Å². The summed E-state index contributed by atoms with van der Waals surface area (Å²) in [6, 6.07) is 12.3. The van der Waals surface area contributed by atoms with Gasteiger partial charge in [0.05, 0.1) is 17.4 Å². The first-order valence-electron chi connectivity index (χ1n) is 11.6. The first-order valence-corrected chi connectivity index (χ1v) is 11.6. The summed E-state index contributed by atoms with van der Waals surface area (Å²) < 4.78 is 0. The summed E-state index contributed by atoms with van der Waals surface area (Å²) in [7, 11) is 0. The quantitative estimate of drug-likeness (QED) is 0.328. The van der Waals surface area contributed by atoms with Crippen molar-refractivity contribution in [2.24, 2.45) is 5.41 Å². The summed E-state index contributed by atoms with van der Waals surface area (Å²) in [4.78, 5) is 8.16. The highest BCUT2D eigenvalue weighted by Crippen LogP contribution is 2.34. The van der Waals surface area contributed by atoms with E-state index in [1.807, 2.05) is 18.3 Å². The van der Waals surface area contributed by atoms with Gasteiger partial charge < -0.3 is 15.4 Å². The second-order valence-electron chi connectivity index (χ2n) is 9.93. The number of aromatic hydroxyl groups is 1. The zero-order valence-electron chi connectivity index (χ0n) is 19.7. The van der Waals surface area contributed by atoms with E-state index in [0.29, 0.717) is 11.8 Å². The predicted molar refractivity (Wildman–Crippen MR) is 134 cm³/mol. The molecule has 0 aliphatic carbocycles. The van der Waals surface area contributed by atoms with Gasteiger partial charge in [-0.3, -0.25) is 5.10 Å². The molecule has 4 N–H and O–H groups in total. The van der Waals surface area contributed by atoms with Crippen LogP contribution in [0.1, 0.15) is 45.4 Å². The minimum absolute atomic E-state index is 0.202. The minimum atomic E-state index is 0.202. The van der Waals surface area contributed by atoms with E-state index in [0.717, 1.165) is 64.2 Å². The maximum Gasteiger partial charge on any atom is 0.159 e. The molecule has 0 bridgehead atoms. The molecular weight excluding hydrogens is 410 g/mol. The van der Waals surface area contributed by atoms with Gasteiger partial charge in [0, 0.05) is 18.0 Å². The van der Waals surface area contributed by atoms with Crippen molar-refractivity contribution < 1.29 is 5.11 Å². The zero-order chi connectivity index (χ0) is 23.2. The van der Waals surface area contributed by atoms with Gasteiger partial charge in [-0.25, -0.2) is 4.98 Å². The van der Waals surface area contributed by atoms with Gasteiger partial charge in [0.15, 0.2) is 5.82 Å². The van der Waals surface area contributed by atoms with E-state index in [2.05, 4.69) is 77.5 Å². The van der Waals surface area contributed by atoms with Crippen molar-refractivity contribution in [3.05, 3.63) is 59.9 Å². The third-order valence-corrected chi connectivity index (χ3v) is 6.67. The first-order chi connectivity index (χ1) is 15.8. The number of aromatic nitrogens is 4. The maximum absolute atomic E-state index is 9.83. The molecule has 6 nitrogen and oxygen atoms in total. The lowest BCUT2D eigenvalue weighted by Gasteiger charge is -2.34. The largest absolute Gasteiger partial charge is 0.508 e. The van der Waals surface area contributed by atoms with Gasteiger partial charge >= 0.3 is 0 Å². The van der Waals surface area contributed by atoms with Gasteiger partial charge in [-0.05, 0) is 64.8 Å². The average Bonchev–Trinajstić information content (AvgIpc) is 3.45. The van der Waals surface area contributed by atoms with Crippen LogP contribution in [-0.4, -0.2) is 37.9 Å². The van der Waals surface area contributed by atoms with Crippen molar-refractivity contribution in [3.63, 3.8) is 0 Å². The Balaban J connectivity index is 1.45. The topological polar surface area (TPSA) is 89.6 Å². The monoisotopic (exact) mass is 441 g/mol. The number of nitrogens with zero attached hydrogens (tertiary/aromatic N) is 2. The molecule has 0 spiro atoms. The third-order valence-electron chi connectivity index (χ3n) is 6.67. The lowest BCUT2D eigenvalue weighted by Crippen LogP contribution is -2.42. The average molecular weight is 442 g/mol. The molecule has 2 aromatic carbocycles. The fourth-order valence-corrected chi connectivity index (χ4v) is 4.66. The normalized spacial score (nSPS) is 16.8. The van der Waals surface area contributed by atoms with Crippen molar-refractivity contribution >= 4 is 16.5 Å². The van der Waals surface area contributed by atoms with E-state index in [4.69, 9.17) is 0 Å². The molecule has 0 radical (unpaired) electrons. The molecule has 1 unspecified atom stereocenters. The molecule has 33 heavy (non-hydrogen) atoms. The molecule has 1 aliphatic heterocycles. The Morgan fingerprint density at radius 3 is 2.76 bits per heavy atom. The minimum Gasteiger partial charge on any atom is -0.508 e. The molecule has 1 atom stereocenters. The van der Waals surface area contributed by atoms with Gasteiger partial charge in [0.2, 0.25) is 0 Å². The molecule has 3 heterocycles. The number of nitrogens with one attached hydrogen (secondary N) is 3. The second kappa shape index (κ2) is 8.19. The number of rotatable bonds is 4. The lowest BCUT2D eigenvalue weighted by molar-refractivity contribution is 0.274. The summed E-state index contributed by atoms with van der Waals surface area (Å²) >= 11 is 0. The van der Waals surface area contributed by atoms with E-state index in [-0.39, 0.29) is 5.41 Å². The molecule has 2 aromatic heterocycles. The van der Waals surface area contributed by atoms with E-state index >= 15 is 0 Å². The zero-order valence-corrected chi connectivity index (χ0v) is 19.7. The van der Waals surface area contributed by atoms with E-state index in [1.54, 1.807) is 6.07 Å². The number of benzene rings is 2. The Morgan fingerprint density at radius 2 is 1.97 bits per heavy atom. The highest BCUT2D eigenvalue weighted by molar-refractivity contribution is 5.94. The molecule has 6 heteroatoms. The Morgan fingerprint density at radius 1 is 1.12 bits per heavy atom. The smallest absolute Gasteiger partial charge is 0.159 e. The Bertz CT molecular complexity index is 1340. The highest BCUT2D eigenvalue weighted by Gasteiger charge is 2.28. The lowest BCUT2D eigenvalue weighted by atomic mass is 9.81. The number of hydrogen-bond acceptors (Lipinski definition) is 4. The Kier molecular flexibility index (Phi) is 5.33. The molecule has 4 aromatic rings. The fourth-order valence-electron chi connectivity index (χ4n) is 4.66. The first kappa shape index (κ1) is 21.5. The summed E-state index contributed by atoms with van der Waals surface area (Å²) in [6.45, 7) is 9.80. The summed E-state index contributed by atoms with van der Waals surface area (Å²) in [6.07, 6.45) is 6.00. The Labute approximate surface area is 194 Å². The van der Waals surface area contributed by atoms with Crippen LogP contribution in [0.3, 0.4) is 0 Å². The van der Waals surface area contributed by atoms with Crippen molar-refractivity contribution in [2.75, 3.05) is 6.54 Å². The number of phenolic OH excluding ortho intramolecular Hbond substituents is 1. The van der Waals surface area contributed by atoms with Crippen LogP contribution in [0, 0.1) is 5.41 Å². The highest BCUT2D eigenvalue weighted by atomic mass is 16.3. The maximum atomic E-state index is 9.83. The van der Waals surface area contributed by atoms with E-state index in [1.165, 1.54) is 5.57 Å². The van der Waals surface area contributed by atoms with Crippen molar-refractivity contribution in [1.82, 2.24) is 25.5 Å². The molecule has 5 rings (SSSR count). The van der Waals surface area contributed by atoms with Crippen LogP contribution in [0.15, 0.2) is 48.7 Å². The second-order valence-corrected chi connectivity index (χ2v) is 9.93. The van der Waals surface area contributed by atoms with Gasteiger partial charge in [-0.2, -0.15) is 5.10 Å². The molecule has 0 saturated heterocycles. The summed E-state index contributed by atoms with van der Waals surface area (Å²) in [5, 5.41) is 22.2. The van der Waals surface area contributed by atoms with Crippen molar-refractivity contribution in [3.8, 4) is 28.4 Å². The van der Waals surface area contributed by atoms with Crippen LogP contribution in [0.25, 0.3) is 39.1 Å². The third kappa shape index (κ3) is 4.07. The summed E-state index contributed by atoms with van der Waals surface area (Å²) in [5.41, 5.74) is 7.69. The number of H-pyrrole nitrogens is 2. The number of phenols is 1. The molecule has 0 saturated carbocycles. The number of imidazole rings is 1. The van der Waals surface area contributed by atoms with E-state index in [9.17, 15) is 5.11 Å². The molecular formula is C27H31N5O. The van der Waals surface area contributed by atoms with Gasteiger partial charge in [0.1, 0.15) is 11.4 Å². The standard InChI is InChI=1S/C27H31N5O/c1-5-16-12-19(33)7-9-20(16)17-6-8-21-22(13-17)31-32-25(21)26-29-15-23(30-26)18-10-11-28-24(14-18)27(2,3)4/h6-10,12-13,15,24,28,33H,5,11,14H2,1-4H3,(H,29,30)(H,31,32). The number of aromatic amines is 2. The SMILES string of the molecule is CCc1cc(O)ccc1-c1ccc2c(-c3ncc(C4=CCNC(C(C)(C)C)C4)[nH]3)n[nH]c2c1. The van der Waals surface area contributed by atoms with Crippen LogP contribution in [0.5, 0.6) is 5.75 Å². The Hall–Kier alpha value is -3.38. The van der Waals surface area contributed by atoms with Crippen molar-refractivity contribution in [2.45, 2.75) is 46.6 Å². The molecule has 0 amide bonds. The fraction of sp³-hybridized carbons (Fsp3) is 0.333. The predicted octanol–water partition coefficient (Wildman–Crippen LogP) is 5.68. The molecule has 1 aliphatic rings. The molecule has 0 fully saturated rings. The van der Waals surface area contributed by atoms with Crippen molar-refractivity contribution in [1.29, 1.82) is 0 Å². The number of aryl methyl sites for hydroxylation is 1. The summed E-state index contributed by atoms with van der Waals surface area (Å²) in [5.74, 6) is 1.07. The van der Waals surface area contributed by atoms with Gasteiger partial charge in [-0.1, -0.05) is 45.9 Å².